The summed E-state index contributed by atoms with van der Waals surface area (Å²) in [5, 5.41) is 3.36. The molecular weight excluding hydrogens is 543 g/mol. The van der Waals surface area contributed by atoms with Crippen LogP contribution in [0.5, 0.6) is 0 Å². The topological polar surface area (TPSA) is 111 Å². The molecule has 18 heteroatoms. The molecule has 200 valence electrons. The first kappa shape index (κ1) is 28.9. The quantitative estimate of drug-likeness (QED) is 0.422. The van der Waals surface area contributed by atoms with Crippen LogP contribution < -0.4 is 5.43 Å². The second kappa shape index (κ2) is 9.98. The molecule has 1 aromatic rings. The first-order valence-electron chi connectivity index (χ1n) is 9.18. The Labute approximate surface area is 195 Å². The van der Waals surface area contributed by atoms with Crippen molar-refractivity contribution >= 4 is 27.5 Å². The summed E-state index contributed by atoms with van der Waals surface area (Å²) < 4.78 is 147. The van der Waals surface area contributed by atoms with Gasteiger partial charge >= 0.3 is 29.8 Å². The van der Waals surface area contributed by atoms with Crippen LogP contribution >= 0.6 is 0 Å². The maximum absolute atomic E-state index is 13.3. The van der Waals surface area contributed by atoms with Gasteiger partial charge in [0.1, 0.15) is 0 Å². The van der Waals surface area contributed by atoms with E-state index in [0.29, 0.717) is 12.1 Å². The van der Waals surface area contributed by atoms with E-state index in [1.54, 1.807) is 0 Å². The van der Waals surface area contributed by atoms with Gasteiger partial charge in [-0.25, -0.2) is 18.0 Å². The highest BCUT2D eigenvalue weighted by molar-refractivity contribution is 7.92. The molecule has 8 nitrogen and oxygen atoms in total. The molecule has 2 rings (SSSR count). The van der Waals surface area contributed by atoms with Gasteiger partial charge in [-0.05, 0) is 18.6 Å². The summed E-state index contributed by atoms with van der Waals surface area (Å²) in [4.78, 5) is 23.3. The third-order valence-electron chi connectivity index (χ3n) is 4.30. The van der Waals surface area contributed by atoms with Gasteiger partial charge in [0.25, 0.3) is 9.84 Å². The van der Waals surface area contributed by atoms with Crippen LogP contribution in [0.4, 0.5) is 39.5 Å². The highest BCUT2D eigenvalue weighted by atomic mass is 32.2. The van der Waals surface area contributed by atoms with E-state index in [1.165, 1.54) is 0 Å². The molecule has 0 aromatic heterocycles. The summed E-state index contributed by atoms with van der Waals surface area (Å²) in [5.74, 6) is -6.17. The van der Waals surface area contributed by atoms with E-state index in [2.05, 4.69) is 14.6 Å². The predicted molar refractivity (Wildman–Crippen MR) is 99.7 cm³/mol. The largest absolute Gasteiger partial charge is 0.501 e. The minimum Gasteiger partial charge on any atom is -0.453 e. The lowest BCUT2D eigenvalue weighted by atomic mass is 9.84. The number of hydrazone groups is 1. The smallest absolute Gasteiger partial charge is 0.453 e. The van der Waals surface area contributed by atoms with Gasteiger partial charge < -0.3 is 9.47 Å². The highest BCUT2D eigenvalue weighted by Crippen LogP contribution is 2.40. The van der Waals surface area contributed by atoms with E-state index in [4.69, 9.17) is 0 Å². The number of carbonyl (C=O) groups excluding carboxylic acids is 2. The fourth-order valence-corrected chi connectivity index (χ4v) is 3.90. The number of alkyl halides is 9. The molecule has 0 amide bonds. The van der Waals surface area contributed by atoms with E-state index in [0.717, 1.165) is 19.1 Å². The van der Waals surface area contributed by atoms with E-state index in [1.807, 2.05) is 5.43 Å². The molecule has 36 heavy (non-hydrogen) atoms. The van der Waals surface area contributed by atoms with E-state index >= 15 is 0 Å². The average Bonchev–Trinajstić information content (AvgIpc) is 2.73. The zero-order valence-electron chi connectivity index (χ0n) is 17.5. The first-order valence-corrected chi connectivity index (χ1v) is 10.7. The minimum atomic E-state index is -6.21. The maximum atomic E-state index is 13.3. The van der Waals surface area contributed by atoms with Gasteiger partial charge in [-0.2, -0.15) is 44.6 Å². The lowest BCUT2D eigenvalue weighted by Gasteiger charge is -2.28. The molecule has 1 aliphatic heterocycles. The highest BCUT2D eigenvalue weighted by Gasteiger charge is 2.50. The molecule has 0 fully saturated rings. The van der Waals surface area contributed by atoms with Crippen molar-refractivity contribution < 1.29 is 67.0 Å². The van der Waals surface area contributed by atoms with Gasteiger partial charge in [0, 0.05) is 5.70 Å². The van der Waals surface area contributed by atoms with Gasteiger partial charge in [0.2, 0.25) is 0 Å². The summed E-state index contributed by atoms with van der Waals surface area (Å²) in [6.45, 7) is -3.45. The Kier molecular flexibility index (Phi) is 8.02. The lowest BCUT2D eigenvalue weighted by molar-refractivity contribution is -0.183. The zero-order chi connectivity index (χ0) is 27.7. The number of sulfone groups is 1. The molecule has 1 aliphatic rings. The number of carbonyl (C=O) groups is 2. The maximum Gasteiger partial charge on any atom is 0.501 e. The van der Waals surface area contributed by atoms with Crippen molar-refractivity contribution in [3.63, 3.8) is 0 Å². The molecule has 1 unspecified atom stereocenters. The van der Waals surface area contributed by atoms with E-state index in [-0.39, 0.29) is 0 Å². The van der Waals surface area contributed by atoms with Crippen LogP contribution in [0.2, 0.25) is 0 Å². The average molecular weight is 556 g/mol. The SMILES string of the molecule is CC1=C(C(=O)OCC(F)(F)F)C(c2ccccc2S(=O)(=O)C(F)(F)F)C(C(=O)OCC(F)(F)F)=NN1. The Bertz CT molecular complexity index is 1200. The Morgan fingerprint density at radius 1 is 0.917 bits per heavy atom. The third-order valence-corrected chi connectivity index (χ3v) is 5.86. The monoisotopic (exact) mass is 556 g/mol. The fourth-order valence-electron chi connectivity index (χ4n) is 2.89. The second-order valence-corrected chi connectivity index (χ2v) is 8.86. The number of rotatable bonds is 6. The molecule has 1 heterocycles. The van der Waals surface area contributed by atoms with Gasteiger partial charge in [0.05, 0.1) is 16.4 Å². The number of nitrogens with one attached hydrogen (secondary N) is 1. The van der Waals surface area contributed by atoms with Gasteiger partial charge in [-0.1, -0.05) is 18.2 Å². The zero-order valence-corrected chi connectivity index (χ0v) is 18.3. The molecule has 0 saturated heterocycles. The number of esters is 2. The number of hydrogen-bond acceptors (Lipinski definition) is 8. The Balaban J connectivity index is 2.72. The number of hydrogen-bond donors (Lipinski definition) is 1. The summed E-state index contributed by atoms with van der Waals surface area (Å²) in [7, 11) is -6.21. The number of allylic oxidation sites excluding steroid dienone is 1. The van der Waals surface area contributed by atoms with Crippen LogP contribution in [0.3, 0.4) is 0 Å². The molecular formula is C18H13F9N2O6S. The molecule has 0 radical (unpaired) electrons. The van der Waals surface area contributed by atoms with Crippen LogP contribution in [-0.4, -0.2) is 57.1 Å². The molecule has 0 spiro atoms. The van der Waals surface area contributed by atoms with Gasteiger partial charge in [0.15, 0.2) is 18.9 Å². The number of halogens is 9. The van der Waals surface area contributed by atoms with Crippen LogP contribution in [-0.2, 0) is 28.9 Å². The summed E-state index contributed by atoms with van der Waals surface area (Å²) in [6.07, 6.45) is -10.1. The number of nitrogens with zero attached hydrogens (tertiary/aromatic N) is 1. The van der Waals surface area contributed by atoms with Crippen LogP contribution in [0.1, 0.15) is 18.4 Å². The second-order valence-electron chi connectivity index (χ2n) is 6.95. The molecule has 0 bridgehead atoms. The Morgan fingerprint density at radius 3 is 1.92 bits per heavy atom. The summed E-state index contributed by atoms with van der Waals surface area (Å²) >= 11 is 0. The van der Waals surface area contributed by atoms with Crippen molar-refractivity contribution in [1.82, 2.24) is 5.43 Å². The molecule has 0 aliphatic carbocycles. The van der Waals surface area contributed by atoms with Gasteiger partial charge in [-0.15, -0.1) is 0 Å². The normalized spacial score (nSPS) is 17.3. The predicted octanol–water partition coefficient (Wildman–Crippen LogP) is 3.51. The van der Waals surface area contributed by atoms with Crippen molar-refractivity contribution in [3.8, 4) is 0 Å². The van der Waals surface area contributed by atoms with Crippen molar-refractivity contribution in [2.75, 3.05) is 13.2 Å². The van der Waals surface area contributed by atoms with Crippen molar-refractivity contribution in [2.45, 2.75) is 35.6 Å². The number of benzene rings is 1. The lowest BCUT2D eigenvalue weighted by Crippen LogP contribution is -2.38. The van der Waals surface area contributed by atoms with Crippen LogP contribution in [0.15, 0.2) is 45.5 Å². The standard InChI is InChI=1S/C18H13F9N2O6S/c1-8-11(14(30)34-6-16(19,20)21)12(13(29-28-8)15(31)35-7-17(22,23)24)9-4-2-3-5-10(9)36(32,33)18(25,26)27/h2-5,12,28H,6-7H2,1H3. The Hall–Kier alpha value is -3.31. The molecule has 1 aromatic carbocycles. The van der Waals surface area contributed by atoms with Gasteiger partial charge in [-0.3, -0.25) is 5.43 Å². The van der Waals surface area contributed by atoms with Crippen molar-refractivity contribution in [2.24, 2.45) is 5.10 Å². The fraction of sp³-hybridized carbons (Fsp3) is 0.389. The molecule has 1 N–H and O–H groups in total. The molecule has 0 saturated carbocycles. The first-order chi connectivity index (χ1) is 16.3. The van der Waals surface area contributed by atoms with Crippen LogP contribution in [0, 0.1) is 0 Å². The number of ether oxygens (including phenoxy) is 2. The third kappa shape index (κ3) is 6.67. The molecule has 1 atom stereocenters. The van der Waals surface area contributed by atoms with Crippen LogP contribution in [0.25, 0.3) is 0 Å². The minimum absolute atomic E-state index is 0.410. The summed E-state index contributed by atoms with van der Waals surface area (Å²) in [5.41, 5.74) is -7.76. The van der Waals surface area contributed by atoms with E-state index in [9.17, 15) is 57.5 Å². The summed E-state index contributed by atoms with van der Waals surface area (Å²) in [6, 6.07) is 2.83. The Morgan fingerprint density at radius 2 is 1.42 bits per heavy atom. The van der Waals surface area contributed by atoms with Crippen molar-refractivity contribution in [1.29, 1.82) is 0 Å². The van der Waals surface area contributed by atoms with E-state index < -0.39 is 86.2 Å². The van der Waals surface area contributed by atoms with Crippen molar-refractivity contribution in [3.05, 3.63) is 41.1 Å².